The van der Waals surface area contributed by atoms with Crippen LogP contribution in [0.25, 0.3) is 11.3 Å². The molecule has 3 heterocycles. The third-order valence-electron chi connectivity index (χ3n) is 4.64. The summed E-state index contributed by atoms with van der Waals surface area (Å²) in [6.07, 6.45) is 4.13. The highest BCUT2D eigenvalue weighted by molar-refractivity contribution is 6.29. The second-order valence-electron chi connectivity index (χ2n) is 6.96. The number of likely N-dealkylation sites (tertiary alicyclic amines) is 1. The molecule has 2 atom stereocenters. The minimum atomic E-state index is -0.436. The van der Waals surface area contributed by atoms with Gasteiger partial charge in [-0.25, -0.2) is 9.37 Å². The topological polar surface area (TPSA) is 81.5 Å². The molecule has 0 spiro atoms. The van der Waals surface area contributed by atoms with Crippen LogP contribution in [0.5, 0.6) is 0 Å². The molecule has 6 nitrogen and oxygen atoms in total. The highest BCUT2D eigenvalue weighted by Gasteiger charge is 2.21. The van der Waals surface area contributed by atoms with Crippen LogP contribution in [-0.4, -0.2) is 56.9 Å². The SMILES string of the molecule is C[C@@H](CCO)Nc1cc(Cl)ncc1-c1ncc(CN2CC[C@H](O)C2)cc1F. The summed E-state index contributed by atoms with van der Waals surface area (Å²) < 4.78 is 14.8. The molecule has 8 heteroatoms. The molecule has 0 unspecified atom stereocenters. The van der Waals surface area contributed by atoms with Crippen molar-refractivity contribution >= 4 is 17.3 Å². The van der Waals surface area contributed by atoms with Crippen molar-refractivity contribution in [1.29, 1.82) is 0 Å². The molecule has 2 aromatic heterocycles. The Morgan fingerprint density at radius 3 is 2.85 bits per heavy atom. The van der Waals surface area contributed by atoms with Gasteiger partial charge in [0, 0.05) is 55.9 Å². The van der Waals surface area contributed by atoms with E-state index in [-0.39, 0.29) is 24.4 Å². The molecule has 0 aliphatic carbocycles. The van der Waals surface area contributed by atoms with Gasteiger partial charge < -0.3 is 15.5 Å². The number of β-amino-alcohol motifs (C(OH)–C–C–N with tert-alkyl or cyclic N) is 1. The molecule has 3 rings (SSSR count). The summed E-state index contributed by atoms with van der Waals surface area (Å²) in [6, 6.07) is 3.09. The molecule has 1 aliphatic heterocycles. The number of hydrogen-bond acceptors (Lipinski definition) is 6. The van der Waals surface area contributed by atoms with E-state index in [1.54, 1.807) is 12.3 Å². The molecule has 0 amide bonds. The Hall–Kier alpha value is -1.80. The van der Waals surface area contributed by atoms with E-state index in [9.17, 15) is 9.50 Å². The van der Waals surface area contributed by atoms with Crippen molar-refractivity contribution < 1.29 is 14.6 Å². The second-order valence-corrected chi connectivity index (χ2v) is 7.35. The Labute approximate surface area is 163 Å². The van der Waals surface area contributed by atoms with Gasteiger partial charge in [0.2, 0.25) is 0 Å². The van der Waals surface area contributed by atoms with Crippen LogP contribution in [0, 0.1) is 5.82 Å². The molecule has 0 aromatic carbocycles. The lowest BCUT2D eigenvalue weighted by Gasteiger charge is -2.18. The van der Waals surface area contributed by atoms with Gasteiger partial charge in [-0.1, -0.05) is 11.6 Å². The first kappa shape index (κ1) is 19.9. The van der Waals surface area contributed by atoms with Gasteiger partial charge in [0.25, 0.3) is 0 Å². The van der Waals surface area contributed by atoms with Gasteiger partial charge in [-0.05, 0) is 37.5 Å². The summed E-state index contributed by atoms with van der Waals surface area (Å²) >= 11 is 6.00. The van der Waals surface area contributed by atoms with E-state index in [1.165, 1.54) is 12.3 Å². The van der Waals surface area contributed by atoms with Gasteiger partial charge in [0.05, 0.1) is 6.10 Å². The van der Waals surface area contributed by atoms with Crippen LogP contribution < -0.4 is 5.32 Å². The van der Waals surface area contributed by atoms with Crippen LogP contribution >= 0.6 is 11.6 Å². The summed E-state index contributed by atoms with van der Waals surface area (Å²) in [5.41, 5.74) is 2.10. The lowest BCUT2D eigenvalue weighted by atomic mass is 10.1. The van der Waals surface area contributed by atoms with Crippen molar-refractivity contribution in [3.63, 3.8) is 0 Å². The lowest BCUT2D eigenvalue weighted by molar-refractivity contribution is 0.174. The number of rotatable bonds is 7. The van der Waals surface area contributed by atoms with Crippen LogP contribution in [-0.2, 0) is 6.54 Å². The third kappa shape index (κ3) is 5.13. The van der Waals surface area contributed by atoms with Crippen LogP contribution in [0.15, 0.2) is 24.5 Å². The number of pyridine rings is 2. The van der Waals surface area contributed by atoms with Gasteiger partial charge in [-0.3, -0.25) is 9.88 Å². The summed E-state index contributed by atoms with van der Waals surface area (Å²) in [4.78, 5) is 10.5. The first-order chi connectivity index (χ1) is 13.0. The Bertz CT molecular complexity index is 792. The van der Waals surface area contributed by atoms with Crippen molar-refractivity contribution in [1.82, 2.24) is 14.9 Å². The summed E-state index contributed by atoms with van der Waals surface area (Å²) in [5, 5.41) is 22.2. The fourth-order valence-corrected chi connectivity index (χ4v) is 3.40. The molecule has 27 heavy (non-hydrogen) atoms. The molecule has 2 aromatic rings. The predicted octanol–water partition coefficient (Wildman–Crippen LogP) is 2.69. The monoisotopic (exact) mass is 394 g/mol. The standard InChI is InChI=1S/C19H24ClFN4O2/c1-12(3-5-26)24-17-7-18(20)22-9-15(17)19-16(21)6-13(8-23-19)10-25-4-2-14(27)11-25/h6-9,12,14,26-27H,2-5,10-11H2,1H3,(H,22,24)/t12-,14-/m0/s1. The number of aliphatic hydroxyl groups is 2. The Balaban J connectivity index is 1.83. The van der Waals surface area contributed by atoms with Gasteiger partial charge in [0.1, 0.15) is 16.7 Å². The van der Waals surface area contributed by atoms with Crippen molar-refractivity contribution in [2.24, 2.45) is 0 Å². The van der Waals surface area contributed by atoms with Gasteiger partial charge in [-0.15, -0.1) is 0 Å². The normalized spacial score (nSPS) is 18.6. The molecule has 3 N–H and O–H groups in total. The average Bonchev–Trinajstić information content (AvgIpc) is 3.01. The van der Waals surface area contributed by atoms with E-state index >= 15 is 0 Å². The maximum atomic E-state index is 14.8. The van der Waals surface area contributed by atoms with Crippen LogP contribution in [0.3, 0.4) is 0 Å². The number of hydrogen-bond donors (Lipinski definition) is 3. The molecule has 0 saturated carbocycles. The van der Waals surface area contributed by atoms with E-state index in [4.69, 9.17) is 16.7 Å². The Kier molecular flexibility index (Phi) is 6.59. The lowest BCUT2D eigenvalue weighted by Crippen LogP contribution is -2.21. The number of aliphatic hydroxyl groups excluding tert-OH is 2. The number of anilines is 1. The summed E-state index contributed by atoms with van der Waals surface area (Å²) in [7, 11) is 0. The smallest absolute Gasteiger partial charge is 0.149 e. The molecule has 1 aliphatic rings. The van der Waals surface area contributed by atoms with Gasteiger partial charge in [0.15, 0.2) is 0 Å². The Morgan fingerprint density at radius 1 is 1.37 bits per heavy atom. The van der Waals surface area contributed by atoms with E-state index in [2.05, 4.69) is 20.2 Å². The highest BCUT2D eigenvalue weighted by Crippen LogP contribution is 2.31. The molecule has 1 fully saturated rings. The van der Waals surface area contributed by atoms with Crippen LogP contribution in [0.1, 0.15) is 25.3 Å². The zero-order chi connectivity index (χ0) is 19.4. The highest BCUT2D eigenvalue weighted by atomic mass is 35.5. The van der Waals surface area contributed by atoms with Gasteiger partial charge >= 0.3 is 0 Å². The maximum Gasteiger partial charge on any atom is 0.149 e. The number of nitrogens with zero attached hydrogens (tertiary/aromatic N) is 3. The van der Waals surface area contributed by atoms with Crippen LogP contribution in [0.2, 0.25) is 5.15 Å². The van der Waals surface area contributed by atoms with Crippen molar-refractivity contribution in [3.05, 3.63) is 41.1 Å². The van der Waals surface area contributed by atoms with Crippen molar-refractivity contribution in [3.8, 4) is 11.3 Å². The van der Waals surface area contributed by atoms with E-state index in [0.717, 1.165) is 18.5 Å². The van der Waals surface area contributed by atoms with Crippen molar-refractivity contribution in [2.45, 2.75) is 38.5 Å². The number of halogens is 2. The van der Waals surface area contributed by atoms with E-state index < -0.39 is 5.82 Å². The molecular weight excluding hydrogens is 371 g/mol. The van der Waals surface area contributed by atoms with Crippen LogP contribution in [0.4, 0.5) is 10.1 Å². The minimum absolute atomic E-state index is 0.0175. The average molecular weight is 395 g/mol. The number of aromatic nitrogens is 2. The molecule has 146 valence electrons. The zero-order valence-electron chi connectivity index (χ0n) is 15.2. The second kappa shape index (κ2) is 8.93. The summed E-state index contributed by atoms with van der Waals surface area (Å²) in [6.45, 7) is 3.92. The quantitative estimate of drug-likeness (QED) is 0.626. The largest absolute Gasteiger partial charge is 0.396 e. The number of nitrogens with one attached hydrogen (secondary N) is 1. The maximum absolute atomic E-state index is 14.8. The first-order valence-electron chi connectivity index (χ1n) is 9.04. The van der Waals surface area contributed by atoms with E-state index in [0.29, 0.717) is 35.9 Å². The fourth-order valence-electron chi connectivity index (χ4n) is 3.25. The molecule has 1 saturated heterocycles. The minimum Gasteiger partial charge on any atom is -0.396 e. The third-order valence-corrected chi connectivity index (χ3v) is 4.85. The van der Waals surface area contributed by atoms with Crippen molar-refractivity contribution in [2.75, 3.05) is 25.0 Å². The predicted molar refractivity (Wildman–Crippen MR) is 103 cm³/mol. The molecule has 0 bridgehead atoms. The zero-order valence-corrected chi connectivity index (χ0v) is 16.0. The Morgan fingerprint density at radius 2 is 2.19 bits per heavy atom. The summed E-state index contributed by atoms with van der Waals surface area (Å²) in [5.74, 6) is -0.436. The molecular formula is C19H24ClFN4O2. The molecule has 0 radical (unpaired) electrons. The van der Waals surface area contributed by atoms with E-state index in [1.807, 2.05) is 6.92 Å². The van der Waals surface area contributed by atoms with Gasteiger partial charge in [-0.2, -0.15) is 0 Å². The fraction of sp³-hybridized carbons (Fsp3) is 0.474. The first-order valence-corrected chi connectivity index (χ1v) is 9.42.